The van der Waals surface area contributed by atoms with Gasteiger partial charge in [-0.15, -0.1) is 0 Å². The molecule has 0 saturated heterocycles. The first-order chi connectivity index (χ1) is 17.3. The first-order valence-corrected chi connectivity index (χ1v) is 12.4. The van der Waals surface area contributed by atoms with Gasteiger partial charge in [0.2, 0.25) is 0 Å². The van der Waals surface area contributed by atoms with Crippen LogP contribution >= 0.6 is 23.5 Å². The fraction of sp³-hybridized carbons (Fsp3) is 0.160. The Balaban J connectivity index is 1.44. The van der Waals surface area contributed by atoms with E-state index >= 15 is 0 Å². The smallest absolute Gasteiger partial charge is 0.329 e. The van der Waals surface area contributed by atoms with E-state index in [9.17, 15) is 24.0 Å². The normalized spacial score (nSPS) is 15.7. The molecule has 0 saturated carbocycles. The van der Waals surface area contributed by atoms with E-state index in [2.05, 4.69) is 0 Å². The van der Waals surface area contributed by atoms with E-state index in [-0.39, 0.29) is 22.9 Å². The number of thioether (sulfide) groups is 2. The van der Waals surface area contributed by atoms with Gasteiger partial charge in [0, 0.05) is 21.9 Å². The van der Waals surface area contributed by atoms with Gasteiger partial charge in [0.05, 0.1) is 29.0 Å². The van der Waals surface area contributed by atoms with E-state index in [4.69, 9.17) is 9.84 Å². The van der Waals surface area contributed by atoms with Crippen molar-refractivity contribution in [3.63, 3.8) is 0 Å². The fourth-order valence-corrected chi connectivity index (χ4v) is 5.26. The lowest BCUT2D eigenvalue weighted by Crippen LogP contribution is -2.46. The lowest BCUT2D eigenvalue weighted by molar-refractivity contribution is -0.147. The van der Waals surface area contributed by atoms with E-state index in [0.717, 1.165) is 43.1 Å². The van der Waals surface area contributed by atoms with Crippen molar-refractivity contribution in [2.75, 3.05) is 19.7 Å². The maximum Gasteiger partial charge on any atom is 0.329 e. The molecule has 2 aliphatic heterocycles. The molecule has 0 bridgehead atoms. The predicted octanol–water partition coefficient (Wildman–Crippen LogP) is 2.55. The van der Waals surface area contributed by atoms with E-state index in [1.165, 1.54) is 12.2 Å². The third-order valence-corrected chi connectivity index (χ3v) is 7.15. The number of amides is 4. The summed E-state index contributed by atoms with van der Waals surface area (Å²) in [5.74, 6) is -3.56. The van der Waals surface area contributed by atoms with Gasteiger partial charge in [0.15, 0.2) is 0 Å². The third-order valence-electron chi connectivity index (χ3n) is 5.11. The summed E-state index contributed by atoms with van der Waals surface area (Å²) < 4.78 is 5.38. The summed E-state index contributed by atoms with van der Waals surface area (Å²) in [6.45, 7) is -1.37. The van der Waals surface area contributed by atoms with Crippen LogP contribution in [0.4, 0.5) is 0 Å². The second-order valence-corrected chi connectivity index (χ2v) is 9.91. The summed E-state index contributed by atoms with van der Waals surface area (Å²) in [5.41, 5.74) is 0. The minimum atomic E-state index is -1.27. The van der Waals surface area contributed by atoms with E-state index in [1.54, 1.807) is 48.5 Å². The molecule has 0 aliphatic carbocycles. The zero-order valence-corrected chi connectivity index (χ0v) is 20.4. The molecular formula is C25H20N2O7S2. The van der Waals surface area contributed by atoms with Crippen LogP contribution in [0.5, 0.6) is 0 Å². The van der Waals surface area contributed by atoms with Gasteiger partial charge in [0.25, 0.3) is 23.6 Å². The average molecular weight is 525 g/mol. The van der Waals surface area contributed by atoms with Crippen molar-refractivity contribution in [1.82, 2.24) is 9.80 Å². The van der Waals surface area contributed by atoms with Crippen LogP contribution in [-0.2, 0) is 28.7 Å². The monoisotopic (exact) mass is 524 g/mol. The highest BCUT2D eigenvalue weighted by Gasteiger charge is 2.37. The molecular weight excluding hydrogens is 504 g/mol. The SMILES string of the molecule is O=C(O)COC(CN1C(=O)C=C(Sc2ccccc2)C1=O)CN1C(=O)C=C(Sc2ccccc2)C1=O. The van der Waals surface area contributed by atoms with E-state index in [1.807, 2.05) is 12.1 Å². The molecule has 0 atom stereocenters. The van der Waals surface area contributed by atoms with Gasteiger partial charge in [-0.05, 0) is 24.3 Å². The number of hydrogen-bond acceptors (Lipinski definition) is 8. The van der Waals surface area contributed by atoms with Crippen LogP contribution in [0.25, 0.3) is 0 Å². The largest absolute Gasteiger partial charge is 0.480 e. The summed E-state index contributed by atoms with van der Waals surface area (Å²) in [7, 11) is 0. The van der Waals surface area contributed by atoms with Crippen LogP contribution in [0.15, 0.2) is 92.4 Å². The van der Waals surface area contributed by atoms with Crippen LogP contribution in [0, 0.1) is 0 Å². The number of ether oxygens (including phenoxy) is 1. The van der Waals surface area contributed by atoms with Crippen LogP contribution in [0.1, 0.15) is 0 Å². The van der Waals surface area contributed by atoms with Crippen molar-refractivity contribution in [3.05, 3.63) is 82.6 Å². The van der Waals surface area contributed by atoms with Gasteiger partial charge in [-0.3, -0.25) is 29.0 Å². The van der Waals surface area contributed by atoms with Crippen molar-refractivity contribution in [2.45, 2.75) is 15.9 Å². The molecule has 184 valence electrons. The molecule has 11 heteroatoms. The Labute approximate surface area is 214 Å². The number of rotatable bonds is 11. The number of nitrogens with zero attached hydrogens (tertiary/aromatic N) is 2. The summed E-state index contributed by atoms with van der Waals surface area (Å²) >= 11 is 2.26. The first-order valence-electron chi connectivity index (χ1n) is 10.8. The van der Waals surface area contributed by atoms with Gasteiger partial charge < -0.3 is 9.84 Å². The molecule has 0 radical (unpaired) electrons. The second kappa shape index (κ2) is 11.4. The molecule has 0 aromatic heterocycles. The predicted molar refractivity (Wildman–Crippen MR) is 132 cm³/mol. The molecule has 1 N–H and O–H groups in total. The van der Waals surface area contributed by atoms with Gasteiger partial charge >= 0.3 is 5.97 Å². The molecule has 4 amide bonds. The molecule has 2 heterocycles. The number of aliphatic carboxylic acids is 1. The Hall–Kier alpha value is -3.67. The Morgan fingerprint density at radius 2 is 1.17 bits per heavy atom. The molecule has 2 aromatic rings. The Kier molecular flexibility index (Phi) is 8.04. The number of carboxylic acids is 1. The molecule has 0 unspecified atom stereocenters. The summed E-state index contributed by atoms with van der Waals surface area (Å²) in [4.78, 5) is 65.8. The molecule has 4 rings (SSSR count). The number of benzene rings is 2. The zero-order chi connectivity index (χ0) is 25.7. The summed E-state index contributed by atoms with van der Waals surface area (Å²) in [5, 5.41) is 9.06. The average Bonchev–Trinajstić information content (AvgIpc) is 3.27. The van der Waals surface area contributed by atoms with Gasteiger partial charge in [-0.25, -0.2) is 4.79 Å². The fourth-order valence-electron chi connectivity index (χ4n) is 3.45. The Bertz CT molecular complexity index is 1170. The van der Waals surface area contributed by atoms with Gasteiger partial charge in [-0.1, -0.05) is 59.9 Å². The van der Waals surface area contributed by atoms with Crippen LogP contribution in [0.2, 0.25) is 0 Å². The van der Waals surface area contributed by atoms with Crippen molar-refractivity contribution in [1.29, 1.82) is 0 Å². The number of carbonyl (C=O) groups is 5. The molecule has 9 nitrogen and oxygen atoms in total. The minimum absolute atomic E-state index is 0.208. The minimum Gasteiger partial charge on any atom is -0.480 e. The Morgan fingerprint density at radius 1 is 0.750 bits per heavy atom. The molecule has 0 fully saturated rings. The summed E-state index contributed by atoms with van der Waals surface area (Å²) in [6.07, 6.45) is 1.32. The standard InChI is InChI=1S/C25H20N2O7S2/c28-21-11-19(35-17-7-3-1-4-8-17)24(32)26(21)13-16(34-15-23(30)31)14-27-22(29)12-20(25(27)33)36-18-9-5-2-6-10-18/h1-12,16H,13-15H2,(H,30,31). The Morgan fingerprint density at radius 3 is 1.56 bits per heavy atom. The zero-order valence-electron chi connectivity index (χ0n) is 18.7. The molecule has 2 aliphatic rings. The highest BCUT2D eigenvalue weighted by atomic mass is 32.2. The molecule has 0 spiro atoms. The lowest BCUT2D eigenvalue weighted by atomic mass is 10.3. The first kappa shape index (κ1) is 25.4. The maximum absolute atomic E-state index is 12.9. The lowest BCUT2D eigenvalue weighted by Gasteiger charge is -2.26. The molecule has 36 heavy (non-hydrogen) atoms. The van der Waals surface area contributed by atoms with Gasteiger partial charge in [0.1, 0.15) is 6.61 Å². The number of imide groups is 2. The number of carbonyl (C=O) groups excluding carboxylic acids is 4. The van der Waals surface area contributed by atoms with Crippen molar-refractivity contribution < 1.29 is 33.8 Å². The highest BCUT2D eigenvalue weighted by molar-refractivity contribution is 8.04. The topological polar surface area (TPSA) is 121 Å². The maximum atomic E-state index is 12.9. The highest BCUT2D eigenvalue weighted by Crippen LogP contribution is 2.33. The third kappa shape index (κ3) is 6.11. The number of carboxylic acid groups (broad SMARTS) is 1. The van der Waals surface area contributed by atoms with Crippen LogP contribution in [0.3, 0.4) is 0 Å². The second-order valence-electron chi connectivity index (χ2n) is 7.68. The molecule has 2 aromatic carbocycles. The van der Waals surface area contributed by atoms with Crippen molar-refractivity contribution in [3.8, 4) is 0 Å². The quantitative estimate of drug-likeness (QED) is 0.442. The van der Waals surface area contributed by atoms with Crippen molar-refractivity contribution >= 4 is 53.1 Å². The summed E-state index contributed by atoms with van der Waals surface area (Å²) in [6, 6.07) is 18.1. The van der Waals surface area contributed by atoms with Crippen LogP contribution in [-0.4, -0.2) is 70.3 Å². The van der Waals surface area contributed by atoms with Crippen LogP contribution < -0.4 is 0 Å². The number of hydrogen-bond donors (Lipinski definition) is 1. The van der Waals surface area contributed by atoms with E-state index < -0.39 is 42.3 Å². The van der Waals surface area contributed by atoms with Gasteiger partial charge in [-0.2, -0.15) is 0 Å². The van der Waals surface area contributed by atoms with E-state index in [0.29, 0.717) is 0 Å². The van der Waals surface area contributed by atoms with Crippen molar-refractivity contribution in [2.24, 2.45) is 0 Å².